The molecule has 1 aromatic carbocycles. The van der Waals surface area contributed by atoms with Crippen LogP contribution >= 0.6 is 0 Å². The smallest absolute Gasteiger partial charge is 0.335 e. The third-order valence-electron chi connectivity index (χ3n) is 1.92. The second kappa shape index (κ2) is 5.68. The molecule has 0 spiro atoms. The zero-order valence-corrected chi connectivity index (χ0v) is 9.15. The van der Waals surface area contributed by atoms with Gasteiger partial charge in [0, 0.05) is 5.56 Å². The lowest BCUT2D eigenvalue weighted by Crippen LogP contribution is -2.05. The Hall–Kier alpha value is -2.32. The number of carboxylic acids is 2. The van der Waals surface area contributed by atoms with E-state index in [1.54, 1.807) is 7.05 Å². The minimum atomic E-state index is -1.18. The average Bonchev–Trinajstić information content (AvgIpc) is 2.29. The van der Waals surface area contributed by atoms with Gasteiger partial charge in [-0.25, -0.2) is 9.59 Å². The van der Waals surface area contributed by atoms with Crippen molar-refractivity contribution in [3.05, 3.63) is 34.9 Å². The first-order valence-corrected chi connectivity index (χ1v) is 4.79. The highest BCUT2D eigenvalue weighted by Crippen LogP contribution is 2.10. The van der Waals surface area contributed by atoms with Gasteiger partial charge in [-0.05, 0) is 25.2 Å². The molecule has 1 aromatic rings. The minimum absolute atomic E-state index is 0.0846. The van der Waals surface area contributed by atoms with Crippen molar-refractivity contribution in [1.29, 1.82) is 0 Å². The fourth-order valence-corrected chi connectivity index (χ4v) is 1.18. The first kappa shape index (κ1) is 12.7. The van der Waals surface area contributed by atoms with Crippen LogP contribution < -0.4 is 5.32 Å². The van der Waals surface area contributed by atoms with Crippen LogP contribution in [0.2, 0.25) is 0 Å². The van der Waals surface area contributed by atoms with Gasteiger partial charge in [-0.2, -0.15) is 0 Å². The number of aromatic carboxylic acids is 2. The molecular formula is C12H11NO4. The SMILES string of the molecule is CNCC#Cc1cc(C(=O)O)cc(C(=O)O)c1. The molecule has 0 aliphatic carbocycles. The molecule has 0 saturated carbocycles. The van der Waals surface area contributed by atoms with E-state index >= 15 is 0 Å². The van der Waals surface area contributed by atoms with E-state index in [0.29, 0.717) is 12.1 Å². The van der Waals surface area contributed by atoms with E-state index in [-0.39, 0.29) is 11.1 Å². The second-order valence-corrected chi connectivity index (χ2v) is 3.24. The summed E-state index contributed by atoms with van der Waals surface area (Å²) in [5, 5.41) is 20.5. The average molecular weight is 233 g/mol. The summed E-state index contributed by atoms with van der Waals surface area (Å²) in [5.41, 5.74) is 0.204. The van der Waals surface area contributed by atoms with Crippen LogP contribution in [-0.2, 0) is 0 Å². The Morgan fingerprint density at radius 1 is 1.18 bits per heavy atom. The summed E-state index contributed by atoms with van der Waals surface area (Å²) in [6.07, 6.45) is 0. The summed E-state index contributed by atoms with van der Waals surface area (Å²) in [7, 11) is 1.73. The first-order chi connectivity index (χ1) is 8.04. The summed E-state index contributed by atoms with van der Waals surface area (Å²) >= 11 is 0. The number of carbonyl (C=O) groups is 2. The Morgan fingerprint density at radius 2 is 1.71 bits per heavy atom. The van der Waals surface area contributed by atoms with Crippen molar-refractivity contribution in [1.82, 2.24) is 5.32 Å². The van der Waals surface area contributed by atoms with Crippen molar-refractivity contribution in [3.8, 4) is 11.8 Å². The molecule has 88 valence electrons. The minimum Gasteiger partial charge on any atom is -0.478 e. The van der Waals surface area contributed by atoms with Crippen LogP contribution in [0.3, 0.4) is 0 Å². The maximum atomic E-state index is 10.8. The lowest BCUT2D eigenvalue weighted by atomic mass is 10.1. The Labute approximate surface area is 98.1 Å². The fourth-order valence-electron chi connectivity index (χ4n) is 1.18. The van der Waals surface area contributed by atoms with Gasteiger partial charge in [-0.3, -0.25) is 0 Å². The molecule has 3 N–H and O–H groups in total. The number of hydrogen-bond acceptors (Lipinski definition) is 3. The van der Waals surface area contributed by atoms with Crippen molar-refractivity contribution in [3.63, 3.8) is 0 Å². The number of nitrogens with one attached hydrogen (secondary N) is 1. The molecule has 0 heterocycles. The van der Waals surface area contributed by atoms with E-state index in [2.05, 4.69) is 17.2 Å². The topological polar surface area (TPSA) is 86.6 Å². The van der Waals surface area contributed by atoms with Gasteiger partial charge in [0.1, 0.15) is 0 Å². The summed E-state index contributed by atoms with van der Waals surface area (Å²) < 4.78 is 0. The number of rotatable bonds is 3. The molecule has 0 atom stereocenters. The van der Waals surface area contributed by atoms with E-state index in [4.69, 9.17) is 10.2 Å². The van der Waals surface area contributed by atoms with Crippen LogP contribution in [0.1, 0.15) is 26.3 Å². The maximum Gasteiger partial charge on any atom is 0.335 e. The third-order valence-corrected chi connectivity index (χ3v) is 1.92. The highest BCUT2D eigenvalue weighted by molar-refractivity contribution is 5.94. The number of benzene rings is 1. The third kappa shape index (κ3) is 3.63. The molecule has 0 fully saturated rings. The fraction of sp³-hybridized carbons (Fsp3) is 0.167. The summed E-state index contributed by atoms with van der Waals surface area (Å²) in [6, 6.07) is 3.79. The predicted octanol–water partition coefficient (Wildman–Crippen LogP) is 0.654. The Kier molecular flexibility index (Phi) is 4.26. The lowest BCUT2D eigenvalue weighted by Gasteiger charge is -1.99. The van der Waals surface area contributed by atoms with E-state index in [0.717, 1.165) is 6.07 Å². The monoisotopic (exact) mass is 233 g/mol. The van der Waals surface area contributed by atoms with E-state index in [1.165, 1.54) is 12.1 Å². The molecule has 0 amide bonds. The molecule has 0 aliphatic heterocycles. The Bertz CT molecular complexity index is 479. The summed E-state index contributed by atoms with van der Waals surface area (Å²) in [6.45, 7) is 0.444. The molecule has 0 aliphatic rings. The molecular weight excluding hydrogens is 222 g/mol. The van der Waals surface area contributed by atoms with E-state index in [9.17, 15) is 9.59 Å². The van der Waals surface area contributed by atoms with Crippen LogP contribution in [0.15, 0.2) is 18.2 Å². The standard InChI is InChI=1S/C12H11NO4/c1-13-4-2-3-8-5-9(11(14)15)7-10(6-8)12(16)17/h5-7,13H,4H2,1H3,(H,14,15)(H,16,17). The molecule has 0 saturated heterocycles. The van der Waals surface area contributed by atoms with Gasteiger partial charge in [-0.1, -0.05) is 11.8 Å². The van der Waals surface area contributed by atoms with E-state index in [1.807, 2.05) is 0 Å². The largest absolute Gasteiger partial charge is 0.478 e. The van der Waals surface area contributed by atoms with Crippen molar-refractivity contribution in [2.75, 3.05) is 13.6 Å². The van der Waals surface area contributed by atoms with Gasteiger partial charge in [0.2, 0.25) is 0 Å². The highest BCUT2D eigenvalue weighted by Gasteiger charge is 2.10. The van der Waals surface area contributed by atoms with Gasteiger partial charge >= 0.3 is 11.9 Å². The molecule has 17 heavy (non-hydrogen) atoms. The van der Waals surface area contributed by atoms with Gasteiger partial charge in [0.15, 0.2) is 0 Å². The van der Waals surface area contributed by atoms with Gasteiger partial charge in [-0.15, -0.1) is 0 Å². The van der Waals surface area contributed by atoms with Crippen molar-refractivity contribution in [2.24, 2.45) is 0 Å². The molecule has 5 nitrogen and oxygen atoms in total. The van der Waals surface area contributed by atoms with Gasteiger partial charge in [0.05, 0.1) is 17.7 Å². The quantitative estimate of drug-likeness (QED) is 0.667. The van der Waals surface area contributed by atoms with E-state index < -0.39 is 11.9 Å². The highest BCUT2D eigenvalue weighted by atomic mass is 16.4. The van der Waals surface area contributed by atoms with Crippen LogP contribution in [0.4, 0.5) is 0 Å². The summed E-state index contributed by atoms with van der Waals surface area (Å²) in [5.74, 6) is 3.08. The van der Waals surface area contributed by atoms with Crippen LogP contribution in [0.25, 0.3) is 0 Å². The molecule has 0 bridgehead atoms. The molecule has 5 heteroatoms. The predicted molar refractivity (Wildman–Crippen MR) is 61.2 cm³/mol. The normalized spacial score (nSPS) is 9.24. The Balaban J connectivity index is 3.18. The second-order valence-electron chi connectivity index (χ2n) is 3.24. The van der Waals surface area contributed by atoms with Crippen molar-refractivity contribution in [2.45, 2.75) is 0 Å². The molecule has 0 unspecified atom stereocenters. The lowest BCUT2D eigenvalue weighted by molar-refractivity contribution is 0.0696. The zero-order chi connectivity index (χ0) is 12.8. The summed E-state index contributed by atoms with van der Waals surface area (Å²) in [4.78, 5) is 21.6. The molecule has 0 aromatic heterocycles. The first-order valence-electron chi connectivity index (χ1n) is 4.79. The molecule has 0 radical (unpaired) electrons. The number of carboxylic acid groups (broad SMARTS) is 2. The number of hydrogen-bond donors (Lipinski definition) is 3. The van der Waals surface area contributed by atoms with Crippen molar-refractivity contribution < 1.29 is 19.8 Å². The Morgan fingerprint density at radius 3 is 2.12 bits per heavy atom. The maximum absolute atomic E-state index is 10.8. The van der Waals surface area contributed by atoms with Crippen LogP contribution in [-0.4, -0.2) is 35.7 Å². The molecule has 1 rings (SSSR count). The van der Waals surface area contributed by atoms with Crippen LogP contribution in [0.5, 0.6) is 0 Å². The zero-order valence-electron chi connectivity index (χ0n) is 9.15. The van der Waals surface area contributed by atoms with Crippen molar-refractivity contribution >= 4 is 11.9 Å². The van der Waals surface area contributed by atoms with Gasteiger partial charge in [0.25, 0.3) is 0 Å². The van der Waals surface area contributed by atoms with Gasteiger partial charge < -0.3 is 15.5 Å². The van der Waals surface area contributed by atoms with Crippen LogP contribution in [0, 0.1) is 11.8 Å².